The summed E-state index contributed by atoms with van der Waals surface area (Å²) in [6.45, 7) is 0.567. The van der Waals surface area contributed by atoms with Crippen LogP contribution in [0.15, 0.2) is 0 Å². The van der Waals surface area contributed by atoms with Crippen LogP contribution in [0.1, 0.15) is 6.42 Å². The Morgan fingerprint density at radius 1 is 1.43 bits per heavy atom. The van der Waals surface area contributed by atoms with E-state index in [1.807, 2.05) is 0 Å². The molecule has 0 aromatic carbocycles. The molecule has 46 valence electrons. The fraction of sp³-hybridized carbons (Fsp3) is 1.00. The van der Waals surface area contributed by atoms with Crippen LogP contribution >= 0.6 is 35.6 Å². The molecule has 0 rings (SSSR count). The third kappa shape index (κ3) is 10.9. The van der Waals surface area contributed by atoms with Gasteiger partial charge in [-0.1, -0.05) is 0 Å². The van der Waals surface area contributed by atoms with Gasteiger partial charge in [-0.25, -0.2) is 0 Å². The van der Waals surface area contributed by atoms with Crippen LogP contribution in [0.4, 0.5) is 0 Å². The predicted molar refractivity (Wildman–Crippen MR) is 36.4 cm³/mol. The topological polar surface area (TPSA) is 26.0 Å². The van der Waals surface area contributed by atoms with Gasteiger partial charge in [0, 0.05) is 0 Å². The normalized spacial score (nSPS) is 8.57. The maximum absolute atomic E-state index is 5.26. The Balaban J connectivity index is 0. The summed E-state index contributed by atoms with van der Waals surface area (Å²) in [6, 6.07) is 0. The van der Waals surface area contributed by atoms with Crippen molar-refractivity contribution in [2.75, 3.05) is 6.54 Å². The molecule has 0 saturated carbocycles. The minimum absolute atomic E-state index is 0. The van der Waals surface area contributed by atoms with Crippen molar-refractivity contribution >= 4 is 35.6 Å². The lowest BCUT2D eigenvalue weighted by Gasteiger charge is -1.91. The van der Waals surface area contributed by atoms with E-state index in [-0.39, 0.29) is 17.2 Å². The minimum Gasteiger partial charge on any atom is -0.330 e. The smallest absolute Gasteiger partial charge is 0.109 e. The van der Waals surface area contributed by atoms with E-state index >= 15 is 0 Å². The van der Waals surface area contributed by atoms with E-state index in [1.165, 1.54) is 0 Å². The average molecular weight is 164 g/mol. The SMILES string of the molecule is Cl.NCCC(Cl)Cl. The molecule has 0 saturated heterocycles. The molecular formula is C3H8Cl3N. The Hall–Kier alpha value is 0.830. The maximum atomic E-state index is 5.26. The Labute approximate surface area is 59.6 Å². The van der Waals surface area contributed by atoms with E-state index in [2.05, 4.69) is 0 Å². The van der Waals surface area contributed by atoms with Crippen LogP contribution in [0, 0.1) is 0 Å². The van der Waals surface area contributed by atoms with Crippen molar-refractivity contribution in [3.05, 3.63) is 0 Å². The molecule has 2 N–H and O–H groups in total. The van der Waals surface area contributed by atoms with Gasteiger partial charge in [0.15, 0.2) is 0 Å². The zero-order valence-electron chi connectivity index (χ0n) is 3.73. The summed E-state index contributed by atoms with van der Waals surface area (Å²) in [5.41, 5.74) is 5.06. The molecule has 0 aromatic rings. The summed E-state index contributed by atoms with van der Waals surface area (Å²) in [5, 5.41) is 0. The van der Waals surface area contributed by atoms with Crippen molar-refractivity contribution < 1.29 is 0 Å². The van der Waals surface area contributed by atoms with Crippen LogP contribution in [0.2, 0.25) is 0 Å². The first-order chi connectivity index (χ1) is 2.77. The van der Waals surface area contributed by atoms with Gasteiger partial charge in [-0.2, -0.15) is 0 Å². The standard InChI is InChI=1S/C3H7Cl2N.ClH/c4-3(5)1-2-6;/h3H,1-2,6H2;1H. The van der Waals surface area contributed by atoms with E-state index in [9.17, 15) is 0 Å². The number of hydrogen-bond acceptors (Lipinski definition) is 1. The second-order valence-electron chi connectivity index (χ2n) is 0.968. The first kappa shape index (κ1) is 10.7. The van der Waals surface area contributed by atoms with Gasteiger partial charge in [-0.15, -0.1) is 35.6 Å². The third-order valence-electron chi connectivity index (χ3n) is 0.385. The lowest BCUT2D eigenvalue weighted by molar-refractivity contribution is 0.904. The summed E-state index contributed by atoms with van der Waals surface area (Å²) in [7, 11) is 0. The largest absolute Gasteiger partial charge is 0.330 e. The lowest BCUT2D eigenvalue weighted by atomic mass is 10.5. The number of rotatable bonds is 2. The second kappa shape index (κ2) is 6.83. The number of alkyl halides is 2. The van der Waals surface area contributed by atoms with Crippen molar-refractivity contribution in [3.63, 3.8) is 0 Å². The minimum atomic E-state index is -0.282. The van der Waals surface area contributed by atoms with Gasteiger partial charge in [0.25, 0.3) is 0 Å². The predicted octanol–water partition coefficient (Wildman–Crippen LogP) is 1.56. The Morgan fingerprint density at radius 2 is 1.86 bits per heavy atom. The molecule has 0 heterocycles. The van der Waals surface area contributed by atoms with E-state index in [0.29, 0.717) is 13.0 Å². The van der Waals surface area contributed by atoms with Crippen molar-refractivity contribution in [2.45, 2.75) is 11.3 Å². The van der Waals surface area contributed by atoms with Crippen molar-refractivity contribution in [1.29, 1.82) is 0 Å². The molecule has 1 nitrogen and oxygen atoms in total. The van der Waals surface area contributed by atoms with Gasteiger partial charge in [0.1, 0.15) is 4.84 Å². The first-order valence-corrected chi connectivity index (χ1v) is 2.63. The van der Waals surface area contributed by atoms with Crippen LogP contribution in [-0.4, -0.2) is 11.4 Å². The third-order valence-corrected chi connectivity index (χ3v) is 0.821. The van der Waals surface area contributed by atoms with Crippen molar-refractivity contribution in [3.8, 4) is 0 Å². The summed E-state index contributed by atoms with van der Waals surface area (Å²) >= 11 is 10.5. The summed E-state index contributed by atoms with van der Waals surface area (Å²) < 4.78 is 0. The van der Waals surface area contributed by atoms with Gasteiger partial charge >= 0.3 is 0 Å². The highest BCUT2D eigenvalue weighted by Crippen LogP contribution is 2.03. The van der Waals surface area contributed by atoms with Crippen molar-refractivity contribution in [1.82, 2.24) is 0 Å². The molecule has 4 heteroatoms. The maximum Gasteiger partial charge on any atom is 0.109 e. The average Bonchev–Trinajstić information content (AvgIpc) is 1.35. The van der Waals surface area contributed by atoms with E-state index < -0.39 is 0 Å². The molecule has 0 spiro atoms. The summed E-state index contributed by atoms with van der Waals surface area (Å²) in [6.07, 6.45) is 0.684. The van der Waals surface area contributed by atoms with Crippen LogP contribution in [0.3, 0.4) is 0 Å². The Morgan fingerprint density at radius 3 is 1.86 bits per heavy atom. The highest BCUT2D eigenvalue weighted by atomic mass is 35.5. The molecule has 0 radical (unpaired) electrons. The fourth-order valence-corrected chi connectivity index (χ4v) is 0.378. The monoisotopic (exact) mass is 163 g/mol. The number of nitrogens with two attached hydrogens (primary N) is 1. The molecule has 0 aliphatic carbocycles. The molecule has 0 unspecified atom stereocenters. The first-order valence-electron chi connectivity index (χ1n) is 1.75. The van der Waals surface area contributed by atoms with Crippen LogP contribution in [0.5, 0.6) is 0 Å². The lowest BCUT2D eigenvalue weighted by Crippen LogP contribution is -2.02. The molecule has 0 atom stereocenters. The summed E-state index contributed by atoms with van der Waals surface area (Å²) in [4.78, 5) is -0.282. The Bertz CT molecular complexity index is 31.4. The Kier molecular flexibility index (Phi) is 10.5. The highest BCUT2D eigenvalue weighted by molar-refractivity contribution is 6.44. The number of halogens is 3. The van der Waals surface area contributed by atoms with Gasteiger partial charge in [0.2, 0.25) is 0 Å². The molecule has 0 bridgehead atoms. The van der Waals surface area contributed by atoms with Gasteiger partial charge in [-0.05, 0) is 13.0 Å². The van der Waals surface area contributed by atoms with E-state index in [1.54, 1.807) is 0 Å². The molecule has 0 aliphatic heterocycles. The van der Waals surface area contributed by atoms with Gasteiger partial charge < -0.3 is 5.73 Å². The molecular weight excluding hydrogens is 156 g/mol. The zero-order chi connectivity index (χ0) is 4.99. The molecule has 0 aromatic heterocycles. The fourth-order valence-electron chi connectivity index (χ4n) is 0.126. The molecule has 0 fully saturated rings. The highest BCUT2D eigenvalue weighted by Gasteiger charge is 1.91. The van der Waals surface area contributed by atoms with E-state index in [0.717, 1.165) is 0 Å². The van der Waals surface area contributed by atoms with Crippen LogP contribution in [0.25, 0.3) is 0 Å². The zero-order valence-corrected chi connectivity index (χ0v) is 6.06. The quantitative estimate of drug-likeness (QED) is 0.616. The molecule has 0 amide bonds. The van der Waals surface area contributed by atoms with Gasteiger partial charge in [-0.3, -0.25) is 0 Å². The van der Waals surface area contributed by atoms with Gasteiger partial charge in [0.05, 0.1) is 0 Å². The second-order valence-corrected chi connectivity index (χ2v) is 2.25. The van der Waals surface area contributed by atoms with Crippen LogP contribution < -0.4 is 5.73 Å². The van der Waals surface area contributed by atoms with E-state index in [4.69, 9.17) is 28.9 Å². The molecule has 0 aliphatic rings. The number of hydrogen-bond donors (Lipinski definition) is 1. The molecule has 7 heavy (non-hydrogen) atoms. The van der Waals surface area contributed by atoms with Crippen LogP contribution in [-0.2, 0) is 0 Å². The summed E-state index contributed by atoms with van der Waals surface area (Å²) in [5.74, 6) is 0. The van der Waals surface area contributed by atoms with Crippen molar-refractivity contribution in [2.24, 2.45) is 5.73 Å².